The van der Waals surface area contributed by atoms with Gasteiger partial charge in [0.15, 0.2) is 0 Å². The van der Waals surface area contributed by atoms with Crippen LogP contribution in [0.2, 0.25) is 0 Å². The molecule has 0 aromatic carbocycles. The van der Waals surface area contributed by atoms with E-state index in [9.17, 15) is 4.79 Å². The van der Waals surface area contributed by atoms with Crippen LogP contribution in [0.3, 0.4) is 0 Å². The molecule has 6 heteroatoms. The van der Waals surface area contributed by atoms with E-state index < -0.39 is 0 Å². The number of carbonyl (C=O) groups excluding carboxylic acids is 1. The van der Waals surface area contributed by atoms with Crippen molar-refractivity contribution in [3.63, 3.8) is 0 Å². The van der Waals surface area contributed by atoms with Gasteiger partial charge in [0.1, 0.15) is 16.5 Å². The number of hydrogen-bond donors (Lipinski definition) is 0. The molecule has 1 aliphatic rings. The average Bonchev–Trinajstić information content (AvgIpc) is 2.89. The standard InChI is InChI=1S/C19H27N3O2S/c1-6-24-19(23)14-7-9-22(10-8-14)17-15-12(4)13(5)25-18(15)21-16(20-17)11(2)3/h11,14H,6-10H2,1-5H3. The van der Waals surface area contributed by atoms with Gasteiger partial charge in [0, 0.05) is 23.9 Å². The van der Waals surface area contributed by atoms with Gasteiger partial charge in [0.25, 0.3) is 0 Å². The normalized spacial score (nSPS) is 16.0. The minimum absolute atomic E-state index is 0.0170. The van der Waals surface area contributed by atoms with E-state index in [2.05, 4.69) is 32.6 Å². The van der Waals surface area contributed by atoms with Crippen LogP contribution in [0.5, 0.6) is 0 Å². The van der Waals surface area contributed by atoms with Crippen molar-refractivity contribution in [1.82, 2.24) is 9.97 Å². The summed E-state index contributed by atoms with van der Waals surface area (Å²) in [7, 11) is 0. The molecule has 0 spiro atoms. The molecular weight excluding hydrogens is 334 g/mol. The number of ether oxygens (including phenoxy) is 1. The highest BCUT2D eigenvalue weighted by atomic mass is 32.1. The third-order valence-electron chi connectivity index (χ3n) is 4.96. The fourth-order valence-corrected chi connectivity index (χ4v) is 4.35. The van der Waals surface area contributed by atoms with Crippen LogP contribution in [0.25, 0.3) is 10.2 Å². The molecule has 5 nitrogen and oxygen atoms in total. The van der Waals surface area contributed by atoms with Crippen molar-refractivity contribution in [1.29, 1.82) is 0 Å². The SMILES string of the molecule is CCOC(=O)C1CCN(c2nc(C(C)C)nc3sc(C)c(C)c23)CC1. The molecule has 0 N–H and O–H groups in total. The Hall–Kier alpha value is -1.69. The van der Waals surface area contributed by atoms with Gasteiger partial charge in [-0.25, -0.2) is 9.97 Å². The summed E-state index contributed by atoms with van der Waals surface area (Å²) in [6, 6.07) is 0. The maximum Gasteiger partial charge on any atom is 0.309 e. The second-order valence-corrected chi connectivity index (χ2v) is 8.24. The summed E-state index contributed by atoms with van der Waals surface area (Å²) >= 11 is 1.75. The molecule has 0 radical (unpaired) electrons. The molecule has 2 aromatic heterocycles. The number of nitrogens with zero attached hydrogens (tertiary/aromatic N) is 3. The van der Waals surface area contributed by atoms with Crippen LogP contribution in [-0.2, 0) is 9.53 Å². The fourth-order valence-electron chi connectivity index (χ4n) is 3.32. The number of fused-ring (bicyclic) bond motifs is 1. The zero-order valence-corrected chi connectivity index (χ0v) is 16.6. The zero-order valence-electron chi connectivity index (χ0n) is 15.8. The highest BCUT2D eigenvalue weighted by Crippen LogP contribution is 2.37. The molecule has 1 aliphatic heterocycles. The van der Waals surface area contributed by atoms with E-state index in [0.29, 0.717) is 12.5 Å². The van der Waals surface area contributed by atoms with Crippen LogP contribution < -0.4 is 4.90 Å². The summed E-state index contributed by atoms with van der Waals surface area (Å²) in [6.07, 6.45) is 1.65. The van der Waals surface area contributed by atoms with Crippen LogP contribution in [-0.4, -0.2) is 35.6 Å². The molecule has 0 bridgehead atoms. The van der Waals surface area contributed by atoms with Gasteiger partial charge in [0.2, 0.25) is 0 Å². The number of anilines is 1. The van der Waals surface area contributed by atoms with Gasteiger partial charge in [-0.05, 0) is 39.2 Å². The quantitative estimate of drug-likeness (QED) is 0.764. The third kappa shape index (κ3) is 3.50. The van der Waals surface area contributed by atoms with Crippen molar-refractivity contribution in [3.05, 3.63) is 16.3 Å². The fraction of sp³-hybridized carbons (Fsp3) is 0.632. The van der Waals surface area contributed by atoms with E-state index in [4.69, 9.17) is 14.7 Å². The Morgan fingerprint density at radius 3 is 2.56 bits per heavy atom. The molecule has 0 aliphatic carbocycles. The predicted molar refractivity (Wildman–Crippen MR) is 103 cm³/mol. The molecule has 1 fully saturated rings. The molecule has 136 valence electrons. The average molecular weight is 362 g/mol. The molecular formula is C19H27N3O2S. The van der Waals surface area contributed by atoms with Crippen molar-refractivity contribution in [3.8, 4) is 0 Å². The number of rotatable bonds is 4. The Labute approximate surface area is 153 Å². The summed E-state index contributed by atoms with van der Waals surface area (Å²) in [5.74, 6) is 2.20. The second-order valence-electron chi connectivity index (χ2n) is 7.04. The minimum atomic E-state index is -0.0552. The summed E-state index contributed by atoms with van der Waals surface area (Å²) < 4.78 is 5.18. The van der Waals surface area contributed by atoms with E-state index in [-0.39, 0.29) is 11.9 Å². The predicted octanol–water partition coefficient (Wildman–Crippen LogP) is 4.21. The summed E-state index contributed by atoms with van der Waals surface area (Å²) in [4.78, 5) is 26.4. The van der Waals surface area contributed by atoms with Crippen LogP contribution in [0.4, 0.5) is 5.82 Å². The number of thiophene rings is 1. The summed E-state index contributed by atoms with van der Waals surface area (Å²) in [5.41, 5.74) is 1.28. The Morgan fingerprint density at radius 2 is 1.96 bits per heavy atom. The Bertz CT molecular complexity index is 777. The number of hydrogen-bond acceptors (Lipinski definition) is 6. The molecule has 0 atom stereocenters. The topological polar surface area (TPSA) is 55.3 Å². The van der Waals surface area contributed by atoms with E-state index in [1.165, 1.54) is 15.8 Å². The lowest BCUT2D eigenvalue weighted by Gasteiger charge is -2.32. The number of aryl methyl sites for hydroxylation is 2. The summed E-state index contributed by atoms with van der Waals surface area (Å²) in [5, 5.41) is 1.18. The van der Waals surface area contributed by atoms with Crippen molar-refractivity contribution in [2.45, 2.75) is 53.4 Å². The molecule has 0 saturated carbocycles. The lowest BCUT2D eigenvalue weighted by atomic mass is 9.96. The van der Waals surface area contributed by atoms with Gasteiger partial charge >= 0.3 is 5.97 Å². The minimum Gasteiger partial charge on any atom is -0.466 e. The van der Waals surface area contributed by atoms with Gasteiger partial charge in [-0.2, -0.15) is 0 Å². The van der Waals surface area contributed by atoms with E-state index in [0.717, 1.165) is 42.4 Å². The van der Waals surface area contributed by atoms with Gasteiger partial charge in [-0.1, -0.05) is 13.8 Å². The van der Waals surface area contributed by atoms with Gasteiger partial charge in [0.05, 0.1) is 17.9 Å². The van der Waals surface area contributed by atoms with Crippen LogP contribution >= 0.6 is 11.3 Å². The number of carbonyl (C=O) groups is 1. The van der Waals surface area contributed by atoms with Gasteiger partial charge < -0.3 is 9.64 Å². The van der Waals surface area contributed by atoms with E-state index in [1.807, 2.05) is 6.92 Å². The van der Waals surface area contributed by atoms with Crippen molar-refractivity contribution >= 4 is 33.3 Å². The van der Waals surface area contributed by atoms with E-state index in [1.54, 1.807) is 11.3 Å². The maximum absolute atomic E-state index is 12.0. The Kier molecular flexibility index (Phi) is 5.27. The number of esters is 1. The second kappa shape index (κ2) is 7.28. The molecule has 2 aromatic rings. The Morgan fingerprint density at radius 1 is 1.28 bits per heavy atom. The summed E-state index contributed by atoms with van der Waals surface area (Å²) in [6.45, 7) is 12.5. The lowest BCUT2D eigenvalue weighted by molar-refractivity contribution is -0.148. The van der Waals surface area contributed by atoms with Crippen molar-refractivity contribution < 1.29 is 9.53 Å². The molecule has 1 saturated heterocycles. The first kappa shape index (κ1) is 18.1. The van der Waals surface area contributed by atoms with Gasteiger partial charge in [-0.15, -0.1) is 11.3 Å². The van der Waals surface area contributed by atoms with Crippen LogP contribution in [0.15, 0.2) is 0 Å². The van der Waals surface area contributed by atoms with Gasteiger partial charge in [-0.3, -0.25) is 4.79 Å². The molecule has 3 heterocycles. The Balaban J connectivity index is 1.92. The third-order valence-corrected chi connectivity index (χ3v) is 6.06. The van der Waals surface area contributed by atoms with Crippen LogP contribution in [0.1, 0.15) is 55.8 Å². The first-order valence-electron chi connectivity index (χ1n) is 9.11. The monoisotopic (exact) mass is 361 g/mol. The largest absolute Gasteiger partial charge is 0.466 e. The molecule has 3 rings (SSSR count). The smallest absolute Gasteiger partial charge is 0.309 e. The number of aromatic nitrogens is 2. The molecule has 0 unspecified atom stereocenters. The zero-order chi connectivity index (χ0) is 18.1. The van der Waals surface area contributed by atoms with E-state index >= 15 is 0 Å². The van der Waals surface area contributed by atoms with Crippen molar-refractivity contribution in [2.24, 2.45) is 5.92 Å². The molecule has 25 heavy (non-hydrogen) atoms. The lowest BCUT2D eigenvalue weighted by Crippen LogP contribution is -2.37. The first-order chi connectivity index (χ1) is 11.9. The number of piperidine rings is 1. The van der Waals surface area contributed by atoms with Crippen LogP contribution in [0, 0.1) is 19.8 Å². The highest BCUT2D eigenvalue weighted by Gasteiger charge is 2.28. The highest BCUT2D eigenvalue weighted by molar-refractivity contribution is 7.18. The first-order valence-corrected chi connectivity index (χ1v) is 9.93. The maximum atomic E-state index is 12.0. The molecule has 0 amide bonds. The van der Waals surface area contributed by atoms with Crippen molar-refractivity contribution in [2.75, 3.05) is 24.6 Å².